The maximum Gasteiger partial charge on any atom is 0.214 e. The van der Waals surface area contributed by atoms with Crippen LogP contribution >= 0.6 is 11.6 Å². The molecule has 3 atom stereocenters. The first kappa shape index (κ1) is 20.4. The molecular formula is C22H24ClNO4. The van der Waals surface area contributed by atoms with E-state index in [2.05, 4.69) is 0 Å². The van der Waals surface area contributed by atoms with Gasteiger partial charge in [-0.1, -0.05) is 67.9 Å². The average Bonchev–Trinajstić information content (AvgIpc) is 2.99. The van der Waals surface area contributed by atoms with Crippen molar-refractivity contribution in [2.75, 3.05) is 6.54 Å². The van der Waals surface area contributed by atoms with E-state index in [4.69, 9.17) is 21.1 Å². The lowest BCUT2D eigenvalue weighted by molar-refractivity contribution is -0.488. The summed E-state index contributed by atoms with van der Waals surface area (Å²) in [5.41, 5.74) is 1.92. The zero-order valence-corrected chi connectivity index (χ0v) is 16.7. The molecule has 2 aromatic carbocycles. The number of hydrogen-bond donors (Lipinski definition) is 0. The lowest BCUT2D eigenvalue weighted by Crippen LogP contribution is -2.31. The summed E-state index contributed by atoms with van der Waals surface area (Å²) in [4.78, 5) is 11.0. The number of rotatable bonds is 7. The van der Waals surface area contributed by atoms with Gasteiger partial charge in [0.05, 0.1) is 12.5 Å². The normalized spacial score (nSPS) is 23.1. The minimum absolute atomic E-state index is 0.104. The molecule has 148 valence electrons. The van der Waals surface area contributed by atoms with Crippen LogP contribution in [0.4, 0.5) is 0 Å². The zero-order valence-electron chi connectivity index (χ0n) is 16.0. The molecule has 6 heteroatoms. The van der Waals surface area contributed by atoms with Gasteiger partial charge in [-0.2, -0.15) is 0 Å². The topological polar surface area (TPSA) is 61.6 Å². The van der Waals surface area contributed by atoms with Crippen LogP contribution in [0.5, 0.6) is 0 Å². The average molecular weight is 402 g/mol. The van der Waals surface area contributed by atoms with Gasteiger partial charge < -0.3 is 9.47 Å². The van der Waals surface area contributed by atoms with E-state index in [1.165, 1.54) is 0 Å². The van der Waals surface area contributed by atoms with Gasteiger partial charge in [0.1, 0.15) is 5.76 Å². The molecule has 0 amide bonds. The first-order valence-electron chi connectivity index (χ1n) is 9.35. The highest BCUT2D eigenvalue weighted by molar-refractivity contribution is 6.30. The maximum absolute atomic E-state index is 11.3. The highest BCUT2D eigenvalue weighted by Crippen LogP contribution is 2.42. The summed E-state index contributed by atoms with van der Waals surface area (Å²) in [5.74, 6) is 0.350. The number of halogens is 1. The molecule has 2 aromatic rings. The predicted molar refractivity (Wildman–Crippen MR) is 109 cm³/mol. The highest BCUT2D eigenvalue weighted by Gasteiger charge is 2.46. The molecule has 1 heterocycles. The van der Waals surface area contributed by atoms with Crippen LogP contribution in [-0.4, -0.2) is 17.8 Å². The van der Waals surface area contributed by atoms with Crippen LogP contribution in [0.25, 0.3) is 6.08 Å². The Kier molecular flexibility index (Phi) is 6.70. The summed E-state index contributed by atoms with van der Waals surface area (Å²) in [5, 5.41) is 12.0. The summed E-state index contributed by atoms with van der Waals surface area (Å²) >= 11 is 5.93. The molecule has 3 rings (SSSR count). The Labute approximate surface area is 170 Å². The lowest BCUT2D eigenvalue weighted by atomic mass is 9.83. The molecule has 0 unspecified atom stereocenters. The van der Waals surface area contributed by atoms with Crippen LogP contribution in [0.15, 0.2) is 60.4 Å². The molecule has 0 aliphatic carbocycles. The van der Waals surface area contributed by atoms with Crippen molar-refractivity contribution in [2.45, 2.75) is 26.7 Å². The molecule has 28 heavy (non-hydrogen) atoms. The van der Waals surface area contributed by atoms with Crippen molar-refractivity contribution < 1.29 is 14.4 Å². The molecule has 0 saturated carbocycles. The molecule has 1 aliphatic rings. The molecule has 1 aliphatic heterocycles. The zero-order chi connectivity index (χ0) is 20.1. The Bertz CT molecular complexity index is 820. The van der Waals surface area contributed by atoms with Gasteiger partial charge >= 0.3 is 0 Å². The van der Waals surface area contributed by atoms with Crippen molar-refractivity contribution in [3.05, 3.63) is 86.6 Å². The minimum atomic E-state index is -0.532. The van der Waals surface area contributed by atoms with Crippen LogP contribution < -0.4 is 0 Å². The summed E-state index contributed by atoms with van der Waals surface area (Å²) in [6.07, 6.45) is 1.35. The van der Waals surface area contributed by atoms with E-state index in [1.54, 1.807) is 0 Å². The Morgan fingerprint density at radius 1 is 1.18 bits per heavy atom. The van der Waals surface area contributed by atoms with Gasteiger partial charge in [0.15, 0.2) is 0 Å². The maximum atomic E-state index is 11.3. The molecule has 0 aromatic heterocycles. The van der Waals surface area contributed by atoms with Crippen LogP contribution in [0.1, 0.15) is 25.0 Å². The standard InChI is InChI=1S/C22H24ClNO4/c1-15(2)21-19(13-24(25)26)20(12-16-6-4-3-5-7-16)28-22(21)27-14-17-8-10-18(23)11-9-17/h3-12,15,19,21-22H,13-14H2,1-2H3/b20-12-/t19-,21-,22+/m1/s1. The fourth-order valence-electron chi connectivity index (χ4n) is 3.59. The smallest absolute Gasteiger partial charge is 0.214 e. The number of nitro groups is 1. The Morgan fingerprint density at radius 2 is 1.86 bits per heavy atom. The fourth-order valence-corrected chi connectivity index (χ4v) is 3.72. The van der Waals surface area contributed by atoms with Crippen LogP contribution in [0.2, 0.25) is 5.02 Å². The second-order valence-corrected chi connectivity index (χ2v) is 7.76. The molecule has 0 bridgehead atoms. The van der Waals surface area contributed by atoms with Gasteiger partial charge in [-0.3, -0.25) is 10.1 Å². The molecular weight excluding hydrogens is 378 g/mol. The van der Waals surface area contributed by atoms with Crippen LogP contribution in [0.3, 0.4) is 0 Å². The minimum Gasteiger partial charge on any atom is -0.468 e. The summed E-state index contributed by atoms with van der Waals surface area (Å²) in [6, 6.07) is 17.1. The van der Waals surface area contributed by atoms with Gasteiger partial charge in [0.25, 0.3) is 0 Å². The van der Waals surface area contributed by atoms with Crippen molar-refractivity contribution in [1.29, 1.82) is 0 Å². The molecule has 1 fully saturated rings. The molecule has 5 nitrogen and oxygen atoms in total. The predicted octanol–water partition coefficient (Wildman–Crippen LogP) is 5.42. The summed E-state index contributed by atoms with van der Waals surface area (Å²) in [7, 11) is 0. The van der Waals surface area contributed by atoms with Crippen molar-refractivity contribution in [3.63, 3.8) is 0 Å². The van der Waals surface area contributed by atoms with E-state index in [0.717, 1.165) is 11.1 Å². The largest absolute Gasteiger partial charge is 0.468 e. The summed E-state index contributed by atoms with van der Waals surface area (Å²) < 4.78 is 12.2. The third-order valence-corrected chi connectivity index (χ3v) is 5.20. The Balaban J connectivity index is 1.83. The van der Waals surface area contributed by atoms with E-state index in [-0.39, 0.29) is 29.2 Å². The number of nitrogens with zero attached hydrogens (tertiary/aromatic N) is 1. The van der Waals surface area contributed by atoms with Gasteiger partial charge in [0, 0.05) is 15.9 Å². The second-order valence-electron chi connectivity index (χ2n) is 7.32. The lowest BCUT2D eigenvalue weighted by Gasteiger charge is -2.23. The van der Waals surface area contributed by atoms with Gasteiger partial charge in [-0.05, 0) is 35.3 Å². The van der Waals surface area contributed by atoms with Crippen molar-refractivity contribution in [2.24, 2.45) is 17.8 Å². The van der Waals surface area contributed by atoms with E-state index < -0.39 is 6.29 Å². The monoisotopic (exact) mass is 401 g/mol. The van der Waals surface area contributed by atoms with Crippen LogP contribution in [-0.2, 0) is 16.1 Å². The Morgan fingerprint density at radius 3 is 2.46 bits per heavy atom. The Hall–Kier alpha value is -2.37. The van der Waals surface area contributed by atoms with Gasteiger partial charge in [-0.25, -0.2) is 0 Å². The third-order valence-electron chi connectivity index (χ3n) is 4.95. The van der Waals surface area contributed by atoms with Gasteiger partial charge in [0.2, 0.25) is 12.8 Å². The highest BCUT2D eigenvalue weighted by atomic mass is 35.5. The van der Waals surface area contributed by atoms with E-state index >= 15 is 0 Å². The third kappa shape index (κ3) is 5.12. The van der Waals surface area contributed by atoms with E-state index in [9.17, 15) is 10.1 Å². The van der Waals surface area contributed by atoms with Crippen molar-refractivity contribution in [3.8, 4) is 0 Å². The quantitative estimate of drug-likeness (QED) is 0.459. The number of hydrogen-bond acceptors (Lipinski definition) is 4. The van der Waals surface area contributed by atoms with Crippen molar-refractivity contribution in [1.82, 2.24) is 0 Å². The second kappa shape index (κ2) is 9.22. The van der Waals surface area contributed by atoms with Crippen molar-refractivity contribution >= 4 is 17.7 Å². The number of ether oxygens (including phenoxy) is 2. The first-order chi connectivity index (χ1) is 13.4. The number of benzene rings is 2. The molecule has 0 radical (unpaired) electrons. The molecule has 0 N–H and O–H groups in total. The van der Waals surface area contributed by atoms with Crippen LogP contribution in [0, 0.1) is 27.9 Å². The fraction of sp³-hybridized carbons (Fsp3) is 0.364. The molecule has 1 saturated heterocycles. The summed E-state index contributed by atoms with van der Waals surface area (Å²) in [6.45, 7) is 4.27. The SMILES string of the molecule is CC(C)[C@H]1[C@@H](OCc2ccc(Cl)cc2)O/C(=C\c2ccccc2)[C@H]1C[N+](=O)[O-]. The first-order valence-corrected chi connectivity index (χ1v) is 9.73. The van der Waals surface area contributed by atoms with E-state index in [1.807, 2.05) is 74.5 Å². The molecule has 0 spiro atoms. The van der Waals surface area contributed by atoms with E-state index in [0.29, 0.717) is 17.4 Å². The van der Waals surface area contributed by atoms with Gasteiger partial charge in [-0.15, -0.1) is 0 Å².